The second-order valence-electron chi connectivity index (χ2n) is 3.88. The molecule has 1 rings (SSSR count). The van der Waals surface area contributed by atoms with Crippen LogP contribution in [0.2, 0.25) is 0 Å². The topological polar surface area (TPSA) is 80.3 Å². The standard InChI is InChI=1S/C12H19N3O3S.ClH/c1-3-18-11(17)7-9-8-19-12(14-9)15-10(16)5-4-6-13-2;/h8,13H,3-7H2,1-2H3,(H,14,15,16);1H. The Morgan fingerprint density at radius 3 is 2.85 bits per heavy atom. The van der Waals surface area contributed by atoms with E-state index in [2.05, 4.69) is 15.6 Å². The highest BCUT2D eigenvalue weighted by atomic mass is 35.5. The predicted octanol–water partition coefficient (Wildman–Crippen LogP) is 1.61. The minimum atomic E-state index is -0.306. The van der Waals surface area contributed by atoms with Crippen molar-refractivity contribution in [2.45, 2.75) is 26.2 Å². The summed E-state index contributed by atoms with van der Waals surface area (Å²) >= 11 is 1.31. The van der Waals surface area contributed by atoms with Crippen molar-refractivity contribution in [1.29, 1.82) is 0 Å². The third-order valence-electron chi connectivity index (χ3n) is 2.26. The van der Waals surface area contributed by atoms with E-state index in [1.165, 1.54) is 11.3 Å². The van der Waals surface area contributed by atoms with Gasteiger partial charge in [0, 0.05) is 11.8 Å². The zero-order chi connectivity index (χ0) is 14.1. The maximum atomic E-state index is 11.6. The molecule has 0 aliphatic heterocycles. The minimum absolute atomic E-state index is 0. The molecule has 0 aliphatic rings. The molecular formula is C12H20ClN3O3S. The molecule has 20 heavy (non-hydrogen) atoms. The van der Waals surface area contributed by atoms with Gasteiger partial charge in [-0.3, -0.25) is 9.59 Å². The van der Waals surface area contributed by atoms with Crippen molar-refractivity contribution in [3.8, 4) is 0 Å². The Hall–Kier alpha value is -1.18. The van der Waals surface area contributed by atoms with Crippen LogP contribution in [0.4, 0.5) is 5.13 Å². The van der Waals surface area contributed by atoms with Gasteiger partial charge in [-0.05, 0) is 26.9 Å². The number of anilines is 1. The van der Waals surface area contributed by atoms with Crippen LogP contribution in [-0.4, -0.2) is 37.1 Å². The van der Waals surface area contributed by atoms with Gasteiger partial charge < -0.3 is 15.4 Å². The molecule has 1 heterocycles. The lowest BCUT2D eigenvalue weighted by Crippen LogP contribution is -2.15. The zero-order valence-electron chi connectivity index (χ0n) is 11.6. The van der Waals surface area contributed by atoms with Gasteiger partial charge in [-0.1, -0.05) is 0 Å². The van der Waals surface area contributed by atoms with Crippen LogP contribution in [0.5, 0.6) is 0 Å². The van der Waals surface area contributed by atoms with Gasteiger partial charge in [0.05, 0.1) is 18.7 Å². The number of amides is 1. The summed E-state index contributed by atoms with van der Waals surface area (Å²) in [6.45, 7) is 2.92. The number of halogens is 1. The number of ether oxygens (including phenoxy) is 1. The number of carbonyl (C=O) groups excluding carboxylic acids is 2. The Bertz CT molecular complexity index is 426. The Morgan fingerprint density at radius 1 is 1.45 bits per heavy atom. The SMILES string of the molecule is CCOC(=O)Cc1csc(NC(=O)CCCNC)n1.Cl. The molecule has 2 N–H and O–H groups in total. The van der Waals surface area contributed by atoms with Crippen LogP contribution in [0.25, 0.3) is 0 Å². The van der Waals surface area contributed by atoms with E-state index >= 15 is 0 Å². The maximum Gasteiger partial charge on any atom is 0.311 e. The molecule has 0 saturated carbocycles. The van der Waals surface area contributed by atoms with Gasteiger partial charge in [0.2, 0.25) is 5.91 Å². The highest BCUT2D eigenvalue weighted by molar-refractivity contribution is 7.13. The molecule has 1 aromatic heterocycles. The van der Waals surface area contributed by atoms with Crippen molar-refractivity contribution in [2.75, 3.05) is 25.5 Å². The first-order valence-electron chi connectivity index (χ1n) is 6.20. The molecule has 0 aliphatic carbocycles. The van der Waals surface area contributed by atoms with Crippen LogP contribution in [0.1, 0.15) is 25.5 Å². The van der Waals surface area contributed by atoms with Crippen molar-refractivity contribution in [3.05, 3.63) is 11.1 Å². The second kappa shape index (κ2) is 10.6. The number of aromatic nitrogens is 1. The quantitative estimate of drug-likeness (QED) is 0.561. The van der Waals surface area contributed by atoms with Crippen molar-refractivity contribution in [3.63, 3.8) is 0 Å². The first-order chi connectivity index (χ1) is 9.15. The fourth-order valence-corrected chi connectivity index (χ4v) is 2.14. The van der Waals surface area contributed by atoms with Gasteiger partial charge in [0.25, 0.3) is 0 Å². The molecule has 0 fully saturated rings. The van der Waals surface area contributed by atoms with E-state index in [1.54, 1.807) is 12.3 Å². The smallest absolute Gasteiger partial charge is 0.311 e. The van der Waals surface area contributed by atoms with Crippen LogP contribution in [0.15, 0.2) is 5.38 Å². The largest absolute Gasteiger partial charge is 0.466 e. The first kappa shape index (κ1) is 18.8. The lowest BCUT2D eigenvalue weighted by molar-refractivity contribution is -0.142. The van der Waals surface area contributed by atoms with Crippen molar-refractivity contribution in [1.82, 2.24) is 10.3 Å². The molecule has 1 aromatic rings. The minimum Gasteiger partial charge on any atom is -0.466 e. The molecule has 0 radical (unpaired) electrons. The number of rotatable bonds is 8. The maximum absolute atomic E-state index is 11.6. The van der Waals surface area contributed by atoms with E-state index < -0.39 is 0 Å². The molecule has 1 amide bonds. The average molecular weight is 322 g/mol. The molecule has 0 aromatic carbocycles. The third-order valence-corrected chi connectivity index (χ3v) is 3.07. The van der Waals surface area contributed by atoms with Gasteiger partial charge in [0.15, 0.2) is 5.13 Å². The summed E-state index contributed by atoms with van der Waals surface area (Å²) in [5.74, 6) is -0.369. The normalized spacial score (nSPS) is 9.70. The van der Waals surface area contributed by atoms with E-state index in [0.29, 0.717) is 23.9 Å². The zero-order valence-corrected chi connectivity index (χ0v) is 13.2. The number of esters is 1. The summed E-state index contributed by atoms with van der Waals surface area (Å²) in [5, 5.41) is 7.97. The molecule has 0 atom stereocenters. The van der Waals surface area contributed by atoms with Gasteiger partial charge in [-0.15, -0.1) is 23.7 Å². The Morgan fingerprint density at radius 2 is 2.20 bits per heavy atom. The molecule has 0 spiro atoms. The fourth-order valence-electron chi connectivity index (χ4n) is 1.41. The van der Waals surface area contributed by atoms with Gasteiger partial charge in [0.1, 0.15) is 0 Å². The molecule has 114 valence electrons. The molecule has 0 unspecified atom stereocenters. The van der Waals surface area contributed by atoms with Crippen molar-refractivity contribution in [2.24, 2.45) is 0 Å². The summed E-state index contributed by atoms with van der Waals surface area (Å²) in [5.41, 5.74) is 0.619. The fraction of sp³-hybridized carbons (Fsp3) is 0.583. The third kappa shape index (κ3) is 7.42. The summed E-state index contributed by atoms with van der Waals surface area (Å²) < 4.78 is 4.83. The van der Waals surface area contributed by atoms with E-state index in [9.17, 15) is 9.59 Å². The summed E-state index contributed by atoms with van der Waals surface area (Å²) in [4.78, 5) is 27.0. The Kier molecular flexibility index (Phi) is 9.96. The van der Waals surface area contributed by atoms with Crippen LogP contribution in [0.3, 0.4) is 0 Å². The molecule has 0 bridgehead atoms. The van der Waals surface area contributed by atoms with E-state index in [4.69, 9.17) is 4.74 Å². The number of nitrogens with zero attached hydrogens (tertiary/aromatic N) is 1. The highest BCUT2D eigenvalue weighted by Gasteiger charge is 2.10. The molecule has 8 heteroatoms. The van der Waals surface area contributed by atoms with Crippen molar-refractivity contribution < 1.29 is 14.3 Å². The molecule has 0 saturated heterocycles. The lowest BCUT2D eigenvalue weighted by Gasteiger charge is -2.01. The Labute approximate surface area is 128 Å². The highest BCUT2D eigenvalue weighted by Crippen LogP contribution is 2.16. The predicted molar refractivity (Wildman–Crippen MR) is 81.5 cm³/mol. The van der Waals surface area contributed by atoms with Gasteiger partial charge >= 0.3 is 5.97 Å². The number of hydrogen-bond donors (Lipinski definition) is 2. The van der Waals surface area contributed by atoms with Crippen LogP contribution in [0, 0.1) is 0 Å². The van der Waals surface area contributed by atoms with Crippen LogP contribution >= 0.6 is 23.7 Å². The number of nitrogens with one attached hydrogen (secondary N) is 2. The first-order valence-corrected chi connectivity index (χ1v) is 7.08. The van der Waals surface area contributed by atoms with Crippen molar-refractivity contribution >= 4 is 40.8 Å². The molecular weight excluding hydrogens is 302 g/mol. The van der Waals surface area contributed by atoms with E-state index in [-0.39, 0.29) is 30.7 Å². The molecule has 6 nitrogen and oxygen atoms in total. The van der Waals surface area contributed by atoms with Crippen LogP contribution in [-0.2, 0) is 20.7 Å². The number of hydrogen-bond acceptors (Lipinski definition) is 6. The second-order valence-corrected chi connectivity index (χ2v) is 4.74. The number of carbonyl (C=O) groups is 2. The average Bonchev–Trinajstić information content (AvgIpc) is 2.77. The summed E-state index contributed by atoms with van der Waals surface area (Å²) in [6.07, 6.45) is 1.37. The van der Waals surface area contributed by atoms with E-state index in [0.717, 1.165) is 13.0 Å². The number of thiazole rings is 1. The monoisotopic (exact) mass is 321 g/mol. The van der Waals surface area contributed by atoms with E-state index in [1.807, 2.05) is 7.05 Å². The van der Waals surface area contributed by atoms with Crippen LogP contribution < -0.4 is 10.6 Å². The summed E-state index contributed by atoms with van der Waals surface area (Å²) in [6, 6.07) is 0. The van der Waals surface area contributed by atoms with Gasteiger partial charge in [-0.2, -0.15) is 0 Å². The summed E-state index contributed by atoms with van der Waals surface area (Å²) in [7, 11) is 1.85. The van der Waals surface area contributed by atoms with Gasteiger partial charge in [-0.25, -0.2) is 4.98 Å². The Balaban J connectivity index is 0.00000361. The lowest BCUT2D eigenvalue weighted by atomic mass is 10.3.